The van der Waals surface area contributed by atoms with E-state index in [1.165, 1.54) is 7.11 Å². The molecule has 2 aliphatic rings. The molecule has 20 heavy (non-hydrogen) atoms. The van der Waals surface area contributed by atoms with Crippen LogP contribution in [0, 0.1) is 0 Å². The molecule has 0 unspecified atom stereocenters. The number of thioether (sulfide) groups is 1. The molecule has 1 fully saturated rings. The molecule has 108 valence electrons. The molecule has 3 rings (SSSR count). The molecule has 1 aromatic heterocycles. The number of nitrogens with zero attached hydrogens (tertiary/aromatic N) is 1. The molecule has 3 heterocycles. The van der Waals surface area contributed by atoms with E-state index in [4.69, 9.17) is 15.2 Å². The lowest BCUT2D eigenvalue weighted by Crippen LogP contribution is -2.45. The third-order valence-electron chi connectivity index (χ3n) is 4.07. The van der Waals surface area contributed by atoms with Gasteiger partial charge in [-0.25, -0.2) is 0 Å². The quantitative estimate of drug-likeness (QED) is 0.798. The SMILES string of the molecule is COC(=O)[C@@H]1CC2(CCSCC2)Oc2nc(N)ccc21. The Morgan fingerprint density at radius 3 is 2.95 bits per heavy atom. The van der Waals surface area contributed by atoms with Crippen molar-refractivity contribution in [1.29, 1.82) is 0 Å². The highest BCUT2D eigenvalue weighted by Crippen LogP contribution is 2.46. The van der Waals surface area contributed by atoms with Gasteiger partial charge in [0.25, 0.3) is 0 Å². The smallest absolute Gasteiger partial charge is 0.313 e. The lowest BCUT2D eigenvalue weighted by atomic mass is 9.80. The minimum Gasteiger partial charge on any atom is -0.471 e. The molecule has 2 aliphatic heterocycles. The van der Waals surface area contributed by atoms with E-state index in [9.17, 15) is 4.79 Å². The fourth-order valence-corrected chi connectivity index (χ4v) is 4.18. The largest absolute Gasteiger partial charge is 0.471 e. The van der Waals surface area contributed by atoms with E-state index in [0.29, 0.717) is 18.1 Å². The molecule has 0 aliphatic carbocycles. The highest BCUT2D eigenvalue weighted by Gasteiger charge is 2.45. The number of aromatic nitrogens is 1. The lowest BCUT2D eigenvalue weighted by Gasteiger charge is -2.42. The van der Waals surface area contributed by atoms with Gasteiger partial charge in [0.1, 0.15) is 11.4 Å². The van der Waals surface area contributed by atoms with E-state index in [-0.39, 0.29) is 17.5 Å². The zero-order chi connectivity index (χ0) is 14.2. The minimum atomic E-state index is -0.306. The van der Waals surface area contributed by atoms with Gasteiger partial charge in [0.2, 0.25) is 5.88 Å². The molecule has 2 N–H and O–H groups in total. The molecule has 1 aromatic rings. The van der Waals surface area contributed by atoms with Gasteiger partial charge in [-0.1, -0.05) is 0 Å². The van der Waals surface area contributed by atoms with E-state index in [2.05, 4.69) is 4.98 Å². The number of hydrogen-bond acceptors (Lipinski definition) is 6. The van der Waals surface area contributed by atoms with Gasteiger partial charge < -0.3 is 15.2 Å². The molecule has 0 radical (unpaired) electrons. The van der Waals surface area contributed by atoms with Crippen LogP contribution in [-0.2, 0) is 9.53 Å². The number of nitrogens with two attached hydrogens (primary N) is 1. The number of esters is 1. The van der Waals surface area contributed by atoms with Crippen molar-refractivity contribution in [3.05, 3.63) is 17.7 Å². The molecule has 0 amide bonds. The molecule has 0 bridgehead atoms. The van der Waals surface area contributed by atoms with Gasteiger partial charge in [0.15, 0.2) is 0 Å². The zero-order valence-corrected chi connectivity index (χ0v) is 12.2. The van der Waals surface area contributed by atoms with E-state index < -0.39 is 0 Å². The number of nitrogen functional groups attached to an aromatic ring is 1. The van der Waals surface area contributed by atoms with Crippen molar-refractivity contribution in [3.8, 4) is 5.88 Å². The van der Waals surface area contributed by atoms with Gasteiger partial charge in [-0.3, -0.25) is 4.79 Å². The number of methoxy groups -OCH3 is 1. The highest BCUT2D eigenvalue weighted by atomic mass is 32.2. The zero-order valence-electron chi connectivity index (χ0n) is 11.4. The number of ether oxygens (including phenoxy) is 2. The number of anilines is 1. The molecule has 6 heteroatoms. The van der Waals surface area contributed by atoms with Crippen LogP contribution in [-0.4, -0.2) is 35.2 Å². The number of fused-ring (bicyclic) bond motifs is 1. The van der Waals surface area contributed by atoms with Crippen LogP contribution < -0.4 is 10.5 Å². The van der Waals surface area contributed by atoms with Crippen LogP contribution in [0.1, 0.15) is 30.7 Å². The maximum atomic E-state index is 12.1. The molecule has 1 spiro atoms. The molecular formula is C14H18N2O3S. The Balaban J connectivity index is 2.00. The Hall–Kier alpha value is -1.43. The molecular weight excluding hydrogens is 276 g/mol. The Morgan fingerprint density at radius 2 is 2.25 bits per heavy atom. The second-order valence-corrected chi connectivity index (χ2v) is 6.53. The van der Waals surface area contributed by atoms with Crippen LogP contribution in [0.15, 0.2) is 12.1 Å². The Bertz CT molecular complexity index is 529. The molecule has 0 aromatic carbocycles. The van der Waals surface area contributed by atoms with E-state index in [0.717, 1.165) is 29.9 Å². The van der Waals surface area contributed by atoms with Gasteiger partial charge in [0.05, 0.1) is 13.0 Å². The van der Waals surface area contributed by atoms with Crippen LogP contribution in [0.5, 0.6) is 5.88 Å². The summed E-state index contributed by atoms with van der Waals surface area (Å²) in [5.74, 6) is 2.48. The molecule has 1 atom stereocenters. The number of rotatable bonds is 1. The van der Waals surface area contributed by atoms with Crippen molar-refractivity contribution in [3.63, 3.8) is 0 Å². The van der Waals surface area contributed by atoms with E-state index in [1.54, 1.807) is 6.07 Å². The fraction of sp³-hybridized carbons (Fsp3) is 0.571. The molecule has 5 nitrogen and oxygen atoms in total. The molecule has 1 saturated heterocycles. The predicted octanol–water partition coefficient (Wildman–Crippen LogP) is 1.97. The first-order valence-corrected chi connectivity index (χ1v) is 7.90. The minimum absolute atomic E-state index is 0.223. The maximum Gasteiger partial charge on any atom is 0.313 e. The summed E-state index contributed by atoms with van der Waals surface area (Å²) in [6.07, 6.45) is 2.53. The summed E-state index contributed by atoms with van der Waals surface area (Å²) in [7, 11) is 1.42. The molecule has 0 saturated carbocycles. The van der Waals surface area contributed by atoms with Crippen LogP contribution in [0.3, 0.4) is 0 Å². The van der Waals surface area contributed by atoms with Gasteiger partial charge >= 0.3 is 5.97 Å². The first kappa shape index (κ1) is 13.5. The maximum absolute atomic E-state index is 12.1. The number of hydrogen-bond donors (Lipinski definition) is 1. The Kier molecular flexibility index (Phi) is 3.50. The monoisotopic (exact) mass is 294 g/mol. The van der Waals surface area contributed by atoms with Crippen molar-refractivity contribution in [2.24, 2.45) is 0 Å². The summed E-state index contributed by atoms with van der Waals surface area (Å²) in [6.45, 7) is 0. The van der Waals surface area contributed by atoms with Gasteiger partial charge in [-0.15, -0.1) is 0 Å². The van der Waals surface area contributed by atoms with E-state index in [1.807, 2.05) is 17.8 Å². The number of carbonyl (C=O) groups excluding carboxylic acids is 1. The van der Waals surface area contributed by atoms with Crippen molar-refractivity contribution < 1.29 is 14.3 Å². The highest BCUT2D eigenvalue weighted by molar-refractivity contribution is 7.99. The summed E-state index contributed by atoms with van der Waals surface area (Å²) in [4.78, 5) is 16.4. The summed E-state index contributed by atoms with van der Waals surface area (Å²) in [5, 5.41) is 0. The fourth-order valence-electron chi connectivity index (χ4n) is 2.94. The second-order valence-electron chi connectivity index (χ2n) is 5.31. The Morgan fingerprint density at radius 1 is 1.50 bits per heavy atom. The normalized spacial score (nSPS) is 23.8. The average molecular weight is 294 g/mol. The first-order chi connectivity index (χ1) is 9.63. The van der Waals surface area contributed by atoms with Gasteiger partial charge in [0, 0.05) is 12.0 Å². The predicted molar refractivity (Wildman–Crippen MR) is 77.9 cm³/mol. The van der Waals surface area contributed by atoms with Crippen LogP contribution in [0.2, 0.25) is 0 Å². The van der Waals surface area contributed by atoms with Crippen LogP contribution >= 0.6 is 11.8 Å². The average Bonchev–Trinajstić information content (AvgIpc) is 2.46. The van der Waals surface area contributed by atoms with Crippen molar-refractivity contribution in [2.45, 2.75) is 30.8 Å². The number of pyridine rings is 1. The topological polar surface area (TPSA) is 74.4 Å². The lowest BCUT2D eigenvalue weighted by molar-refractivity contribution is -0.145. The Labute approximate surface area is 122 Å². The number of carbonyl (C=O) groups is 1. The summed E-state index contributed by atoms with van der Waals surface area (Å²) in [6, 6.07) is 3.52. The standard InChI is InChI=1S/C14H18N2O3S/c1-18-13(17)10-8-14(4-6-20-7-5-14)19-12-9(10)2-3-11(15)16-12/h2-3,10H,4-8H2,1H3,(H2,15,16)/t10-/m1/s1. The third-order valence-corrected chi connectivity index (χ3v) is 5.05. The van der Waals surface area contributed by atoms with Crippen molar-refractivity contribution in [2.75, 3.05) is 24.3 Å². The van der Waals surface area contributed by atoms with Crippen molar-refractivity contribution in [1.82, 2.24) is 4.98 Å². The summed E-state index contributed by atoms with van der Waals surface area (Å²) < 4.78 is 11.1. The summed E-state index contributed by atoms with van der Waals surface area (Å²) in [5.41, 5.74) is 6.24. The summed E-state index contributed by atoms with van der Waals surface area (Å²) >= 11 is 1.92. The van der Waals surface area contributed by atoms with Gasteiger partial charge in [-0.2, -0.15) is 16.7 Å². The van der Waals surface area contributed by atoms with Gasteiger partial charge in [-0.05, 0) is 36.5 Å². The second kappa shape index (κ2) is 5.16. The third kappa shape index (κ3) is 2.32. The first-order valence-electron chi connectivity index (χ1n) is 6.74. The van der Waals surface area contributed by atoms with E-state index >= 15 is 0 Å². The van der Waals surface area contributed by atoms with Crippen LogP contribution in [0.25, 0.3) is 0 Å². The van der Waals surface area contributed by atoms with Crippen molar-refractivity contribution >= 4 is 23.5 Å². The van der Waals surface area contributed by atoms with Crippen LogP contribution in [0.4, 0.5) is 5.82 Å².